The van der Waals surface area contributed by atoms with Gasteiger partial charge in [-0.1, -0.05) is 12.1 Å². The van der Waals surface area contributed by atoms with Crippen molar-refractivity contribution < 1.29 is 35.9 Å². The first-order valence-corrected chi connectivity index (χ1v) is 14.3. The molecule has 0 aliphatic heterocycles. The van der Waals surface area contributed by atoms with E-state index in [9.17, 15) is 35.9 Å². The molecular weight excluding hydrogens is 584 g/mol. The Balaban J connectivity index is 1.37. The van der Waals surface area contributed by atoms with Gasteiger partial charge in [0, 0.05) is 47.3 Å². The summed E-state index contributed by atoms with van der Waals surface area (Å²) in [5.41, 5.74) is 1.04. The number of carbonyl (C=O) groups is 2. The third-order valence-electron chi connectivity index (χ3n) is 8.49. The van der Waals surface area contributed by atoms with Crippen LogP contribution in [0.2, 0.25) is 0 Å². The molecule has 11 heteroatoms. The number of carbonyl (C=O) groups excluding carboxylic acids is 2. The topological polar surface area (TPSA) is 64.8 Å². The zero-order valence-corrected chi connectivity index (χ0v) is 23.6. The lowest BCUT2D eigenvalue weighted by Gasteiger charge is -2.20. The van der Waals surface area contributed by atoms with E-state index in [0.717, 1.165) is 30.7 Å². The first-order valence-electron chi connectivity index (χ1n) is 14.3. The fourth-order valence-corrected chi connectivity index (χ4v) is 6.49. The van der Waals surface area contributed by atoms with Gasteiger partial charge in [-0.25, -0.2) is 13.2 Å². The van der Waals surface area contributed by atoms with Crippen molar-refractivity contribution >= 4 is 11.6 Å². The molecule has 0 spiro atoms. The molecule has 2 aliphatic carbocycles. The highest BCUT2D eigenvalue weighted by Gasteiger charge is 2.49. The highest BCUT2D eigenvalue weighted by molar-refractivity contribution is 5.95. The van der Waals surface area contributed by atoms with E-state index >= 15 is 0 Å². The first-order chi connectivity index (χ1) is 20.9. The molecule has 1 saturated carbocycles. The number of Topliss-reactive ketones (excluding diaryl/α,β-unsaturated/α-hetero) is 2. The molecule has 2 aromatic heterocycles. The van der Waals surface area contributed by atoms with Gasteiger partial charge in [-0.15, -0.1) is 0 Å². The third kappa shape index (κ3) is 5.92. The summed E-state index contributed by atoms with van der Waals surface area (Å²) in [5, 5.41) is 3.86. The van der Waals surface area contributed by atoms with Crippen molar-refractivity contribution in [1.29, 1.82) is 0 Å². The summed E-state index contributed by atoms with van der Waals surface area (Å²) in [6.07, 6.45) is -1.76. The lowest BCUT2D eigenvalue weighted by Crippen LogP contribution is -2.19. The molecule has 2 unspecified atom stereocenters. The first kappa shape index (κ1) is 29.8. The lowest BCUT2D eigenvalue weighted by atomic mass is 9.86. The summed E-state index contributed by atoms with van der Waals surface area (Å²) in [6, 6.07) is 10.3. The molecule has 228 valence electrons. The summed E-state index contributed by atoms with van der Waals surface area (Å²) in [7, 11) is 0. The van der Waals surface area contributed by atoms with Crippen molar-refractivity contribution in [2.75, 3.05) is 0 Å². The molecule has 2 aliphatic rings. The van der Waals surface area contributed by atoms with Crippen LogP contribution in [-0.2, 0) is 30.4 Å². The minimum Gasteiger partial charge on any atom is -0.298 e. The van der Waals surface area contributed by atoms with E-state index in [1.54, 1.807) is 12.1 Å². The number of fused-ring (bicyclic) bond motifs is 3. The molecule has 3 atom stereocenters. The van der Waals surface area contributed by atoms with E-state index in [-0.39, 0.29) is 47.8 Å². The summed E-state index contributed by atoms with van der Waals surface area (Å²) < 4.78 is 85.3. The number of nitrogens with zero attached hydrogens (tertiary/aromatic N) is 3. The highest BCUT2D eigenvalue weighted by Crippen LogP contribution is 2.56. The number of hydrogen-bond donors (Lipinski definition) is 0. The molecule has 6 rings (SSSR count). The van der Waals surface area contributed by atoms with Gasteiger partial charge in [0.1, 0.15) is 17.5 Å². The predicted octanol–water partition coefficient (Wildman–Crippen LogP) is 7.62. The van der Waals surface area contributed by atoms with Gasteiger partial charge in [-0.3, -0.25) is 19.3 Å². The number of rotatable bonds is 9. The second-order valence-electron chi connectivity index (χ2n) is 11.6. The smallest absolute Gasteiger partial charge is 0.298 e. The highest BCUT2D eigenvalue weighted by atomic mass is 19.4. The van der Waals surface area contributed by atoms with Crippen LogP contribution in [-0.4, -0.2) is 26.3 Å². The SMILES string of the molecule is CC(=O)c1cc(-c2cccnc2[C@@H](CC(=O)Cn2nc(C(F)(F)F)c3c2C2CC2CC3)Cc2cc(F)cc(F)c2)ccc1F. The summed E-state index contributed by atoms with van der Waals surface area (Å²) in [6.45, 7) is 0.831. The Morgan fingerprint density at radius 1 is 1.05 bits per heavy atom. The summed E-state index contributed by atoms with van der Waals surface area (Å²) in [5.74, 6) is -3.78. The van der Waals surface area contributed by atoms with Crippen LogP contribution in [0.4, 0.5) is 26.3 Å². The van der Waals surface area contributed by atoms with Crippen LogP contribution >= 0.6 is 0 Å². The van der Waals surface area contributed by atoms with Crippen LogP contribution in [0, 0.1) is 23.4 Å². The van der Waals surface area contributed by atoms with Crippen molar-refractivity contribution in [3.8, 4) is 11.1 Å². The van der Waals surface area contributed by atoms with Gasteiger partial charge in [-0.05, 0) is 80.0 Å². The molecular formula is C33H27F6N3O2. The van der Waals surface area contributed by atoms with Gasteiger partial charge >= 0.3 is 6.18 Å². The monoisotopic (exact) mass is 611 g/mol. The molecule has 0 saturated heterocycles. The Hall–Kier alpha value is -4.28. The third-order valence-corrected chi connectivity index (χ3v) is 8.49. The summed E-state index contributed by atoms with van der Waals surface area (Å²) >= 11 is 0. The maximum atomic E-state index is 14.3. The number of ketones is 2. The van der Waals surface area contributed by atoms with Crippen LogP contribution < -0.4 is 0 Å². The number of benzene rings is 2. The molecule has 0 radical (unpaired) electrons. The predicted molar refractivity (Wildman–Crippen MR) is 148 cm³/mol. The van der Waals surface area contributed by atoms with Crippen LogP contribution in [0.1, 0.15) is 76.6 Å². The average molecular weight is 612 g/mol. The quantitative estimate of drug-likeness (QED) is 0.144. The van der Waals surface area contributed by atoms with Gasteiger partial charge in [0.2, 0.25) is 0 Å². The molecule has 0 bridgehead atoms. The van der Waals surface area contributed by atoms with Crippen molar-refractivity contribution in [3.63, 3.8) is 0 Å². The van der Waals surface area contributed by atoms with Crippen LogP contribution in [0.25, 0.3) is 11.1 Å². The van der Waals surface area contributed by atoms with Crippen molar-refractivity contribution in [2.24, 2.45) is 5.92 Å². The van der Waals surface area contributed by atoms with Crippen LogP contribution in [0.3, 0.4) is 0 Å². The molecule has 2 heterocycles. The van der Waals surface area contributed by atoms with Gasteiger partial charge in [0.05, 0.1) is 17.8 Å². The standard InChI is InChI=1S/C33H27F6N3O2/c1-17(43)27-13-19(5-7-29(27)36)25-3-2-8-40-30(25)21(9-18-10-22(34)15-23(35)11-18)12-24(44)16-42-31-26(6-4-20-14-28(20)31)32(41-42)33(37,38)39/h2-3,5,7-8,10-11,13,15,20-21,28H,4,6,9,12,14,16H2,1H3/t20?,21-,28?/m1/s1. The normalized spacial score (nSPS) is 18.0. The number of aromatic nitrogens is 3. The number of pyridine rings is 1. The zero-order valence-electron chi connectivity index (χ0n) is 23.6. The fraction of sp³-hybridized carbons (Fsp3) is 0.333. The largest absolute Gasteiger partial charge is 0.435 e. The average Bonchev–Trinajstić information content (AvgIpc) is 3.65. The Labute approximate surface area is 248 Å². The van der Waals surface area contributed by atoms with Gasteiger partial charge in [0.15, 0.2) is 17.3 Å². The van der Waals surface area contributed by atoms with E-state index in [2.05, 4.69) is 10.1 Å². The van der Waals surface area contributed by atoms with Gasteiger partial charge in [0.25, 0.3) is 0 Å². The number of halogens is 6. The maximum Gasteiger partial charge on any atom is 0.435 e. The van der Waals surface area contributed by atoms with Gasteiger partial charge < -0.3 is 0 Å². The summed E-state index contributed by atoms with van der Waals surface area (Å²) in [4.78, 5) is 30.1. The van der Waals surface area contributed by atoms with Crippen LogP contribution in [0.15, 0.2) is 54.7 Å². The molecule has 2 aromatic carbocycles. The minimum atomic E-state index is -4.65. The van der Waals surface area contributed by atoms with Crippen molar-refractivity contribution in [3.05, 3.63) is 106 Å². The molecule has 4 aromatic rings. The molecule has 0 N–H and O–H groups in total. The molecule has 1 fully saturated rings. The minimum absolute atomic E-state index is 0.0269. The fourth-order valence-electron chi connectivity index (χ4n) is 6.49. The second kappa shape index (κ2) is 11.3. The van der Waals surface area contributed by atoms with E-state index in [1.807, 2.05) is 0 Å². The lowest BCUT2D eigenvalue weighted by molar-refractivity contribution is -0.142. The van der Waals surface area contributed by atoms with E-state index < -0.39 is 53.4 Å². The van der Waals surface area contributed by atoms with E-state index in [0.29, 0.717) is 28.9 Å². The zero-order chi connectivity index (χ0) is 31.3. The molecule has 5 nitrogen and oxygen atoms in total. The molecule has 0 amide bonds. The maximum absolute atomic E-state index is 14.3. The number of hydrogen-bond acceptors (Lipinski definition) is 4. The number of alkyl halides is 3. The Kier molecular flexibility index (Phi) is 7.67. The van der Waals surface area contributed by atoms with Crippen molar-refractivity contribution in [2.45, 2.75) is 63.6 Å². The van der Waals surface area contributed by atoms with Gasteiger partial charge in [-0.2, -0.15) is 18.3 Å². The van der Waals surface area contributed by atoms with E-state index in [1.165, 1.54) is 29.9 Å². The Bertz CT molecular complexity index is 1760. The Morgan fingerprint density at radius 3 is 2.50 bits per heavy atom. The molecule has 44 heavy (non-hydrogen) atoms. The van der Waals surface area contributed by atoms with Crippen molar-refractivity contribution in [1.82, 2.24) is 14.8 Å². The Morgan fingerprint density at radius 2 is 1.80 bits per heavy atom. The van der Waals surface area contributed by atoms with Crippen LogP contribution in [0.5, 0.6) is 0 Å². The second-order valence-corrected chi connectivity index (χ2v) is 11.6. The van der Waals surface area contributed by atoms with E-state index in [4.69, 9.17) is 0 Å².